The van der Waals surface area contributed by atoms with E-state index in [9.17, 15) is 14.9 Å². The van der Waals surface area contributed by atoms with Crippen LogP contribution in [0.1, 0.15) is 12.0 Å². The molecule has 110 valence electrons. The van der Waals surface area contributed by atoms with Crippen molar-refractivity contribution in [2.75, 3.05) is 20.1 Å². The van der Waals surface area contributed by atoms with Gasteiger partial charge in [0.15, 0.2) is 0 Å². The van der Waals surface area contributed by atoms with Crippen molar-refractivity contribution in [1.82, 2.24) is 10.2 Å². The maximum absolute atomic E-state index is 12.1. The number of hydrogen-bond donors (Lipinski definition) is 1. The highest BCUT2D eigenvalue weighted by molar-refractivity contribution is 5.85. The summed E-state index contributed by atoms with van der Waals surface area (Å²) in [5.41, 5.74) is 0.491. The van der Waals surface area contributed by atoms with Crippen molar-refractivity contribution in [3.05, 3.63) is 39.9 Å². The molecular formula is C13H18ClN3O3. The lowest BCUT2D eigenvalue weighted by Gasteiger charge is -2.16. The molecule has 2 rings (SSSR count). The Hall–Kier alpha value is -1.66. The maximum atomic E-state index is 12.1. The second-order valence-corrected chi connectivity index (χ2v) is 4.68. The number of nitrogens with one attached hydrogen (secondary N) is 1. The molecule has 1 heterocycles. The summed E-state index contributed by atoms with van der Waals surface area (Å²) in [6.07, 6.45) is 1.02. The molecule has 20 heavy (non-hydrogen) atoms. The van der Waals surface area contributed by atoms with Gasteiger partial charge in [0.05, 0.1) is 11.3 Å². The summed E-state index contributed by atoms with van der Waals surface area (Å²) < 4.78 is 0. The first-order valence-electron chi connectivity index (χ1n) is 6.29. The van der Waals surface area contributed by atoms with E-state index >= 15 is 0 Å². The fourth-order valence-corrected chi connectivity index (χ4v) is 2.34. The largest absolute Gasteiger partial charge is 0.341 e. The average Bonchev–Trinajstić information content (AvgIpc) is 2.88. The van der Waals surface area contributed by atoms with E-state index in [2.05, 4.69) is 5.32 Å². The number of rotatable bonds is 4. The summed E-state index contributed by atoms with van der Waals surface area (Å²) in [7, 11) is 1.88. The topological polar surface area (TPSA) is 75.5 Å². The van der Waals surface area contributed by atoms with Crippen molar-refractivity contribution >= 4 is 24.0 Å². The summed E-state index contributed by atoms with van der Waals surface area (Å²) in [6, 6.07) is 6.73. The molecule has 1 aromatic carbocycles. The predicted molar refractivity (Wildman–Crippen MR) is 78.1 cm³/mol. The standard InChI is InChI=1S/C13H17N3O3.ClH/c1-14-11-6-7-15(9-11)13(17)8-10-4-2-3-5-12(10)16(18)19;/h2-5,11,14H,6-9H2,1H3;1H. The van der Waals surface area contributed by atoms with E-state index in [0.29, 0.717) is 24.7 Å². The molecule has 1 aromatic rings. The molecule has 1 saturated heterocycles. The minimum Gasteiger partial charge on any atom is -0.341 e. The molecule has 0 spiro atoms. The normalized spacial score (nSPS) is 17.6. The highest BCUT2D eigenvalue weighted by Gasteiger charge is 2.26. The Kier molecular flexibility index (Phi) is 5.91. The first-order valence-corrected chi connectivity index (χ1v) is 6.29. The Labute approximate surface area is 123 Å². The number of benzene rings is 1. The highest BCUT2D eigenvalue weighted by atomic mass is 35.5. The molecule has 1 aliphatic rings. The minimum absolute atomic E-state index is 0. The lowest BCUT2D eigenvalue weighted by atomic mass is 10.1. The van der Waals surface area contributed by atoms with Crippen LogP contribution < -0.4 is 5.32 Å². The summed E-state index contributed by atoms with van der Waals surface area (Å²) in [4.78, 5) is 24.3. The average molecular weight is 300 g/mol. The zero-order chi connectivity index (χ0) is 13.8. The number of nitro groups is 1. The van der Waals surface area contributed by atoms with Gasteiger partial charge in [0, 0.05) is 30.8 Å². The predicted octanol–water partition coefficient (Wildman–Crippen LogP) is 1.38. The molecule has 0 radical (unpaired) electrons. The third kappa shape index (κ3) is 3.68. The van der Waals surface area contributed by atoms with Gasteiger partial charge in [-0.15, -0.1) is 12.4 Å². The lowest BCUT2D eigenvalue weighted by molar-refractivity contribution is -0.385. The molecule has 0 aromatic heterocycles. The van der Waals surface area contributed by atoms with Crippen LogP contribution in [0.3, 0.4) is 0 Å². The molecule has 1 amide bonds. The first kappa shape index (κ1) is 16.4. The summed E-state index contributed by atoms with van der Waals surface area (Å²) in [5, 5.41) is 14.0. The van der Waals surface area contributed by atoms with Crippen LogP contribution >= 0.6 is 12.4 Å². The molecule has 0 aliphatic carbocycles. The van der Waals surface area contributed by atoms with Gasteiger partial charge < -0.3 is 10.2 Å². The van der Waals surface area contributed by atoms with Crippen LogP contribution in [-0.4, -0.2) is 41.9 Å². The Morgan fingerprint density at radius 1 is 1.50 bits per heavy atom. The number of carbonyl (C=O) groups excluding carboxylic acids is 1. The fourth-order valence-electron chi connectivity index (χ4n) is 2.34. The van der Waals surface area contributed by atoms with Crippen molar-refractivity contribution in [1.29, 1.82) is 0 Å². The van der Waals surface area contributed by atoms with Crippen molar-refractivity contribution in [3.63, 3.8) is 0 Å². The number of para-hydroxylation sites is 1. The van der Waals surface area contributed by atoms with Gasteiger partial charge in [0.25, 0.3) is 5.69 Å². The number of amides is 1. The molecular weight excluding hydrogens is 282 g/mol. The lowest BCUT2D eigenvalue weighted by Crippen LogP contribution is -2.34. The van der Waals surface area contributed by atoms with Gasteiger partial charge in [-0.1, -0.05) is 18.2 Å². The third-order valence-electron chi connectivity index (χ3n) is 3.48. The molecule has 7 heteroatoms. The number of likely N-dealkylation sites (N-methyl/N-ethyl adjacent to an activating group) is 1. The number of hydrogen-bond acceptors (Lipinski definition) is 4. The zero-order valence-electron chi connectivity index (χ0n) is 11.2. The Bertz CT molecular complexity index is 496. The van der Waals surface area contributed by atoms with Gasteiger partial charge in [0.2, 0.25) is 5.91 Å². The van der Waals surface area contributed by atoms with E-state index in [4.69, 9.17) is 0 Å². The molecule has 1 atom stereocenters. The first-order chi connectivity index (χ1) is 9.11. The monoisotopic (exact) mass is 299 g/mol. The fraction of sp³-hybridized carbons (Fsp3) is 0.462. The van der Waals surface area contributed by atoms with Gasteiger partial charge in [-0.25, -0.2) is 0 Å². The molecule has 1 fully saturated rings. The van der Waals surface area contributed by atoms with Gasteiger partial charge in [-0.3, -0.25) is 14.9 Å². The maximum Gasteiger partial charge on any atom is 0.273 e. The Balaban J connectivity index is 0.00000200. The van der Waals surface area contributed by atoms with E-state index < -0.39 is 4.92 Å². The molecule has 6 nitrogen and oxygen atoms in total. The van der Waals surface area contributed by atoms with Crippen LogP contribution in [0.2, 0.25) is 0 Å². The van der Waals surface area contributed by atoms with Crippen molar-refractivity contribution < 1.29 is 9.72 Å². The highest BCUT2D eigenvalue weighted by Crippen LogP contribution is 2.20. The molecule has 1 aliphatic heterocycles. The van der Waals surface area contributed by atoms with E-state index in [-0.39, 0.29) is 30.4 Å². The number of carbonyl (C=O) groups is 1. The summed E-state index contributed by atoms with van der Waals surface area (Å²) in [6.45, 7) is 1.39. The summed E-state index contributed by atoms with van der Waals surface area (Å²) in [5.74, 6) is -0.0490. The van der Waals surface area contributed by atoms with Crippen LogP contribution in [0.5, 0.6) is 0 Å². The van der Waals surface area contributed by atoms with Gasteiger partial charge in [0.1, 0.15) is 0 Å². The van der Waals surface area contributed by atoms with E-state index in [0.717, 1.165) is 6.42 Å². The molecule has 0 bridgehead atoms. The van der Waals surface area contributed by atoms with Crippen molar-refractivity contribution in [2.45, 2.75) is 18.9 Å². The zero-order valence-corrected chi connectivity index (χ0v) is 12.1. The summed E-state index contributed by atoms with van der Waals surface area (Å²) >= 11 is 0. The van der Waals surface area contributed by atoms with Crippen molar-refractivity contribution in [2.24, 2.45) is 0 Å². The molecule has 1 N–H and O–H groups in total. The Morgan fingerprint density at radius 3 is 2.80 bits per heavy atom. The second-order valence-electron chi connectivity index (χ2n) is 4.68. The molecule has 1 unspecified atom stereocenters. The van der Waals surface area contributed by atoms with Crippen LogP contribution in [0.25, 0.3) is 0 Å². The quantitative estimate of drug-likeness (QED) is 0.673. The van der Waals surface area contributed by atoms with Crippen LogP contribution in [0, 0.1) is 10.1 Å². The number of likely N-dealkylation sites (tertiary alicyclic amines) is 1. The number of nitrogens with zero attached hydrogens (tertiary/aromatic N) is 2. The minimum atomic E-state index is -0.441. The van der Waals surface area contributed by atoms with E-state index in [1.807, 2.05) is 7.05 Å². The third-order valence-corrected chi connectivity index (χ3v) is 3.48. The Morgan fingerprint density at radius 2 is 2.20 bits per heavy atom. The van der Waals surface area contributed by atoms with Gasteiger partial charge in [-0.05, 0) is 13.5 Å². The van der Waals surface area contributed by atoms with Crippen LogP contribution in [0.15, 0.2) is 24.3 Å². The van der Waals surface area contributed by atoms with E-state index in [1.165, 1.54) is 6.07 Å². The number of nitro benzene ring substituents is 1. The number of halogens is 1. The van der Waals surface area contributed by atoms with Crippen molar-refractivity contribution in [3.8, 4) is 0 Å². The van der Waals surface area contributed by atoms with Gasteiger partial charge in [-0.2, -0.15) is 0 Å². The van der Waals surface area contributed by atoms with Crippen LogP contribution in [0.4, 0.5) is 5.69 Å². The van der Waals surface area contributed by atoms with Crippen LogP contribution in [-0.2, 0) is 11.2 Å². The molecule has 0 saturated carbocycles. The smallest absolute Gasteiger partial charge is 0.273 e. The SMILES string of the molecule is CNC1CCN(C(=O)Cc2ccccc2[N+](=O)[O-])C1.Cl. The van der Waals surface area contributed by atoms with E-state index in [1.54, 1.807) is 23.1 Å². The van der Waals surface area contributed by atoms with Gasteiger partial charge >= 0.3 is 0 Å². The second kappa shape index (κ2) is 7.21.